The van der Waals surface area contributed by atoms with E-state index >= 15 is 0 Å². The summed E-state index contributed by atoms with van der Waals surface area (Å²) >= 11 is 5.89. The molecule has 1 heterocycles. The predicted molar refractivity (Wildman–Crippen MR) is 66.0 cm³/mol. The number of hydrogen-bond donors (Lipinski definition) is 0. The summed E-state index contributed by atoms with van der Waals surface area (Å²) in [4.78, 5) is 26.4. The molecule has 5 nitrogen and oxygen atoms in total. The molecule has 0 radical (unpaired) electrons. The molecule has 0 amide bonds. The Hall–Kier alpha value is -1.88. The van der Waals surface area contributed by atoms with Gasteiger partial charge in [-0.2, -0.15) is 0 Å². The van der Waals surface area contributed by atoms with Gasteiger partial charge < -0.3 is 9.47 Å². The van der Waals surface area contributed by atoms with Gasteiger partial charge in [0.25, 0.3) is 0 Å². The Morgan fingerprint density at radius 3 is 2.72 bits per heavy atom. The zero-order valence-electron chi connectivity index (χ0n) is 9.97. The molecule has 0 atom stereocenters. The number of hydrogen-bond acceptors (Lipinski definition) is 5. The lowest BCUT2D eigenvalue weighted by molar-refractivity contribution is -0.139. The van der Waals surface area contributed by atoms with Crippen molar-refractivity contribution >= 4 is 29.6 Å². The van der Waals surface area contributed by atoms with E-state index in [1.807, 2.05) is 0 Å². The number of nitrogens with zero attached hydrogens (tertiary/aromatic N) is 1. The van der Waals surface area contributed by atoms with Crippen molar-refractivity contribution in [1.82, 2.24) is 4.98 Å². The minimum absolute atomic E-state index is 0.0619. The summed E-state index contributed by atoms with van der Waals surface area (Å²) in [6, 6.07) is 1.51. The van der Waals surface area contributed by atoms with Crippen molar-refractivity contribution in [3.8, 4) is 0 Å². The maximum absolute atomic E-state index is 11.5. The fraction of sp³-hybridized carbons (Fsp3) is 0.250. The summed E-state index contributed by atoms with van der Waals surface area (Å²) in [7, 11) is 2.56. The highest BCUT2D eigenvalue weighted by atomic mass is 35.5. The minimum atomic E-state index is -0.494. The van der Waals surface area contributed by atoms with Gasteiger partial charge in [0.2, 0.25) is 0 Å². The number of carbonyl (C=O) groups is 2. The molecule has 0 saturated heterocycles. The third-order valence-electron chi connectivity index (χ3n) is 2.11. The molecule has 0 fully saturated rings. The molecule has 0 unspecified atom stereocenters. The summed E-state index contributed by atoms with van der Waals surface area (Å²) in [5.74, 6) is -0.953. The monoisotopic (exact) mass is 269 g/mol. The Morgan fingerprint density at radius 2 is 2.11 bits per heavy atom. The highest BCUT2D eigenvalue weighted by Crippen LogP contribution is 2.17. The molecule has 0 saturated carbocycles. The van der Waals surface area contributed by atoms with Gasteiger partial charge in [-0.05, 0) is 12.1 Å². The van der Waals surface area contributed by atoms with Crippen molar-refractivity contribution < 1.29 is 19.1 Å². The van der Waals surface area contributed by atoms with Gasteiger partial charge in [-0.15, -0.1) is 0 Å². The first-order valence-electron chi connectivity index (χ1n) is 5.03. The smallest absolute Gasteiger partial charge is 0.338 e. The average Bonchev–Trinajstić information content (AvgIpc) is 2.38. The fourth-order valence-corrected chi connectivity index (χ4v) is 1.47. The topological polar surface area (TPSA) is 65.5 Å². The average molecular weight is 270 g/mol. The van der Waals surface area contributed by atoms with Crippen LogP contribution in [0.15, 0.2) is 23.5 Å². The zero-order valence-corrected chi connectivity index (χ0v) is 10.7. The zero-order chi connectivity index (χ0) is 13.5. The van der Waals surface area contributed by atoms with E-state index in [0.29, 0.717) is 11.1 Å². The number of aromatic nitrogens is 1. The van der Waals surface area contributed by atoms with Crippen LogP contribution in [0.25, 0.3) is 6.08 Å². The first-order valence-corrected chi connectivity index (χ1v) is 5.41. The van der Waals surface area contributed by atoms with Crippen LogP contribution in [0.1, 0.15) is 22.3 Å². The summed E-state index contributed by atoms with van der Waals surface area (Å²) in [5, 5.41) is 0.250. The van der Waals surface area contributed by atoms with Crippen molar-refractivity contribution in [2.24, 2.45) is 0 Å². The lowest BCUT2D eigenvalue weighted by atomic mass is 10.1. The highest BCUT2D eigenvalue weighted by Gasteiger charge is 2.11. The molecule has 6 heteroatoms. The van der Waals surface area contributed by atoms with Crippen LogP contribution in [0.4, 0.5) is 0 Å². The summed E-state index contributed by atoms with van der Waals surface area (Å²) in [6.45, 7) is 0. The van der Waals surface area contributed by atoms with Gasteiger partial charge in [0, 0.05) is 23.0 Å². The second-order valence-corrected chi connectivity index (χ2v) is 3.78. The molecule has 0 N–H and O–H groups in total. The lowest BCUT2D eigenvalue weighted by Crippen LogP contribution is -2.04. The van der Waals surface area contributed by atoms with Crippen molar-refractivity contribution in [2.75, 3.05) is 14.2 Å². The Bertz CT molecular complexity index is 485. The third-order valence-corrected chi connectivity index (χ3v) is 2.35. The SMILES string of the molecule is COC(=O)C/C(Cl)=C\c1cnccc1C(=O)OC. The second-order valence-electron chi connectivity index (χ2n) is 3.30. The van der Waals surface area contributed by atoms with Gasteiger partial charge in [-0.1, -0.05) is 11.6 Å². The van der Waals surface area contributed by atoms with Crippen LogP contribution in [-0.4, -0.2) is 31.1 Å². The Labute approximate surface area is 109 Å². The maximum Gasteiger partial charge on any atom is 0.338 e. The standard InChI is InChI=1S/C12H12ClNO4/c1-17-11(15)6-9(13)5-8-7-14-4-3-10(8)12(16)18-2/h3-5,7H,6H2,1-2H3/b9-5+. The predicted octanol–water partition coefficient (Wildman–Crippen LogP) is 2.01. The molecule has 1 aromatic rings. The molecule has 0 aliphatic heterocycles. The Morgan fingerprint density at radius 1 is 1.39 bits per heavy atom. The van der Waals surface area contributed by atoms with E-state index in [2.05, 4.69) is 14.5 Å². The molecule has 96 valence electrons. The first kappa shape index (κ1) is 14.2. The number of halogens is 1. The van der Waals surface area contributed by atoms with Gasteiger partial charge in [-0.25, -0.2) is 4.79 Å². The number of rotatable bonds is 4. The molecule has 1 aromatic heterocycles. The fourth-order valence-electron chi connectivity index (χ4n) is 1.25. The first-order chi connectivity index (χ1) is 8.58. The van der Waals surface area contributed by atoms with Crippen LogP contribution in [0, 0.1) is 0 Å². The van der Waals surface area contributed by atoms with Gasteiger partial charge in [-0.3, -0.25) is 9.78 Å². The van der Waals surface area contributed by atoms with Crippen molar-refractivity contribution in [1.29, 1.82) is 0 Å². The molecule has 1 rings (SSSR count). The van der Waals surface area contributed by atoms with E-state index in [0.717, 1.165) is 0 Å². The van der Waals surface area contributed by atoms with Crippen LogP contribution in [0.3, 0.4) is 0 Å². The van der Waals surface area contributed by atoms with Gasteiger partial charge >= 0.3 is 11.9 Å². The minimum Gasteiger partial charge on any atom is -0.469 e. The van der Waals surface area contributed by atoms with Crippen molar-refractivity contribution in [3.63, 3.8) is 0 Å². The molecule has 0 aliphatic rings. The molecular weight excluding hydrogens is 258 g/mol. The molecule has 0 aromatic carbocycles. The lowest BCUT2D eigenvalue weighted by Gasteiger charge is -2.04. The van der Waals surface area contributed by atoms with Gasteiger partial charge in [0.05, 0.1) is 26.2 Å². The Kier molecular flexibility index (Phi) is 5.32. The molecular formula is C12H12ClNO4. The number of pyridine rings is 1. The van der Waals surface area contributed by atoms with E-state index in [-0.39, 0.29) is 11.5 Å². The van der Waals surface area contributed by atoms with Crippen LogP contribution in [0.2, 0.25) is 0 Å². The summed E-state index contributed by atoms with van der Waals surface area (Å²) < 4.78 is 9.12. The van der Waals surface area contributed by atoms with E-state index < -0.39 is 11.9 Å². The van der Waals surface area contributed by atoms with Crippen molar-refractivity contribution in [3.05, 3.63) is 34.6 Å². The largest absolute Gasteiger partial charge is 0.469 e. The van der Waals surface area contributed by atoms with E-state index in [9.17, 15) is 9.59 Å². The third kappa shape index (κ3) is 3.85. The van der Waals surface area contributed by atoms with Crippen LogP contribution in [0.5, 0.6) is 0 Å². The van der Waals surface area contributed by atoms with Crippen LogP contribution < -0.4 is 0 Å². The number of methoxy groups -OCH3 is 2. The van der Waals surface area contributed by atoms with Crippen molar-refractivity contribution in [2.45, 2.75) is 6.42 Å². The van der Waals surface area contributed by atoms with E-state index in [1.54, 1.807) is 0 Å². The summed E-state index contributed by atoms with van der Waals surface area (Å²) in [5.41, 5.74) is 0.814. The number of carbonyl (C=O) groups excluding carboxylic acids is 2. The van der Waals surface area contributed by atoms with E-state index in [4.69, 9.17) is 11.6 Å². The van der Waals surface area contributed by atoms with Gasteiger partial charge in [0.1, 0.15) is 0 Å². The highest BCUT2D eigenvalue weighted by molar-refractivity contribution is 6.32. The second kappa shape index (κ2) is 6.76. The van der Waals surface area contributed by atoms with E-state index in [1.165, 1.54) is 38.8 Å². The quantitative estimate of drug-likeness (QED) is 0.782. The van der Waals surface area contributed by atoms with Crippen LogP contribution in [-0.2, 0) is 14.3 Å². The normalized spacial score (nSPS) is 10.9. The maximum atomic E-state index is 11.5. The molecule has 0 bridgehead atoms. The van der Waals surface area contributed by atoms with Crippen LogP contribution >= 0.6 is 11.6 Å². The molecule has 0 spiro atoms. The Balaban J connectivity index is 2.99. The van der Waals surface area contributed by atoms with Gasteiger partial charge in [0.15, 0.2) is 0 Å². The molecule has 0 aliphatic carbocycles. The number of esters is 2. The molecule has 18 heavy (non-hydrogen) atoms. The number of ether oxygens (including phenoxy) is 2. The summed E-state index contributed by atoms with van der Waals surface area (Å²) in [6.07, 6.45) is 4.36.